The minimum absolute atomic E-state index is 0.117. The number of carboxylic acids is 1. The summed E-state index contributed by atoms with van der Waals surface area (Å²) in [5.74, 6) is -2.99. The van der Waals surface area contributed by atoms with Gasteiger partial charge in [-0.05, 0) is 24.7 Å². The lowest BCUT2D eigenvalue weighted by atomic mass is 9.94. The Morgan fingerprint density at radius 3 is 2.20 bits per heavy atom. The molecule has 6 heteroatoms. The summed E-state index contributed by atoms with van der Waals surface area (Å²) in [5.41, 5.74) is 0. The summed E-state index contributed by atoms with van der Waals surface area (Å²) in [6.45, 7) is 5.53. The molecule has 0 bridgehead atoms. The maximum absolute atomic E-state index is 12.3. The van der Waals surface area contributed by atoms with E-state index in [1.807, 2.05) is 6.92 Å². The number of esters is 1. The largest absolute Gasteiger partial charge is 0.481 e. The molecule has 1 aliphatic rings. The van der Waals surface area contributed by atoms with E-state index in [2.05, 4.69) is 10.1 Å². The molecule has 1 rings (SSSR count). The smallest absolute Gasteiger partial charge is 0.328 e. The topological polar surface area (TPSA) is 92.7 Å². The molecule has 0 radical (unpaired) electrons. The van der Waals surface area contributed by atoms with Gasteiger partial charge >= 0.3 is 11.9 Å². The lowest BCUT2D eigenvalue weighted by Gasteiger charge is -2.23. The Kier molecular flexibility index (Phi) is 5.53. The average molecular weight is 285 g/mol. The molecule has 1 fully saturated rings. The third kappa shape index (κ3) is 3.71. The minimum Gasteiger partial charge on any atom is -0.481 e. The molecule has 1 aliphatic carbocycles. The van der Waals surface area contributed by atoms with E-state index in [0.717, 1.165) is 0 Å². The van der Waals surface area contributed by atoms with E-state index < -0.39 is 29.8 Å². The van der Waals surface area contributed by atoms with Crippen LogP contribution in [0, 0.1) is 23.7 Å². The van der Waals surface area contributed by atoms with Gasteiger partial charge in [-0.15, -0.1) is 0 Å². The number of nitrogens with one attached hydrogen (secondary N) is 1. The summed E-state index contributed by atoms with van der Waals surface area (Å²) in [4.78, 5) is 35.1. The summed E-state index contributed by atoms with van der Waals surface area (Å²) in [7, 11) is 1.27. The predicted octanol–water partition coefficient (Wildman–Crippen LogP) is 1.05. The van der Waals surface area contributed by atoms with Crippen LogP contribution in [-0.4, -0.2) is 36.1 Å². The van der Waals surface area contributed by atoms with Crippen molar-refractivity contribution in [1.82, 2.24) is 5.32 Å². The van der Waals surface area contributed by atoms with Crippen molar-refractivity contribution >= 4 is 17.8 Å². The highest BCUT2D eigenvalue weighted by Gasteiger charge is 2.42. The van der Waals surface area contributed by atoms with Gasteiger partial charge in [0.05, 0.1) is 18.9 Å². The first kappa shape index (κ1) is 16.5. The molecule has 2 N–H and O–H groups in total. The molecular formula is C14H23NO5. The van der Waals surface area contributed by atoms with Gasteiger partial charge < -0.3 is 15.2 Å². The number of carboxylic acid groups (broad SMARTS) is 1. The average Bonchev–Trinajstić information content (AvgIpc) is 2.76. The molecule has 0 aromatic heterocycles. The highest BCUT2D eigenvalue weighted by Crippen LogP contribution is 2.36. The molecule has 0 aromatic rings. The lowest BCUT2D eigenvalue weighted by Crippen LogP contribution is -2.48. The van der Waals surface area contributed by atoms with Crippen LogP contribution in [0.2, 0.25) is 0 Å². The minimum atomic E-state index is -0.950. The fourth-order valence-corrected chi connectivity index (χ4v) is 2.74. The maximum atomic E-state index is 12.3. The number of methoxy groups -OCH3 is 1. The van der Waals surface area contributed by atoms with Gasteiger partial charge in [0.1, 0.15) is 6.04 Å². The second kappa shape index (κ2) is 6.72. The molecule has 1 amide bonds. The van der Waals surface area contributed by atoms with E-state index in [1.165, 1.54) is 7.11 Å². The monoisotopic (exact) mass is 285 g/mol. The van der Waals surface area contributed by atoms with Crippen molar-refractivity contribution in [2.75, 3.05) is 7.11 Å². The Bertz CT molecular complexity index is 393. The van der Waals surface area contributed by atoms with Crippen LogP contribution in [0.25, 0.3) is 0 Å². The summed E-state index contributed by atoms with van der Waals surface area (Å²) in [5, 5.41) is 11.8. The molecule has 6 nitrogen and oxygen atoms in total. The van der Waals surface area contributed by atoms with Crippen LogP contribution in [0.4, 0.5) is 0 Å². The Hall–Kier alpha value is -1.59. The molecular weight excluding hydrogens is 262 g/mol. The highest BCUT2D eigenvalue weighted by molar-refractivity contribution is 5.89. The first-order valence-electron chi connectivity index (χ1n) is 6.88. The highest BCUT2D eigenvalue weighted by atomic mass is 16.5. The number of aliphatic carboxylic acids is 1. The Balaban J connectivity index is 2.78. The molecule has 0 heterocycles. The molecule has 20 heavy (non-hydrogen) atoms. The van der Waals surface area contributed by atoms with Crippen molar-refractivity contribution in [1.29, 1.82) is 0 Å². The summed E-state index contributed by atoms with van der Waals surface area (Å²) in [6.07, 6.45) is 1.03. The van der Waals surface area contributed by atoms with Gasteiger partial charge in [-0.1, -0.05) is 20.8 Å². The van der Waals surface area contributed by atoms with Gasteiger partial charge in [0, 0.05) is 0 Å². The number of rotatable bonds is 5. The van der Waals surface area contributed by atoms with Crippen LogP contribution in [0.15, 0.2) is 0 Å². The van der Waals surface area contributed by atoms with Crippen LogP contribution in [0.1, 0.15) is 33.6 Å². The lowest BCUT2D eigenvalue weighted by molar-refractivity contribution is -0.149. The summed E-state index contributed by atoms with van der Waals surface area (Å²) in [6, 6.07) is -0.738. The number of hydrogen-bond acceptors (Lipinski definition) is 4. The van der Waals surface area contributed by atoms with Crippen LogP contribution in [0.5, 0.6) is 0 Å². The zero-order valence-corrected chi connectivity index (χ0v) is 12.4. The summed E-state index contributed by atoms with van der Waals surface area (Å²) >= 11 is 0. The van der Waals surface area contributed by atoms with Crippen molar-refractivity contribution < 1.29 is 24.2 Å². The van der Waals surface area contributed by atoms with Crippen LogP contribution in [0.3, 0.4) is 0 Å². The van der Waals surface area contributed by atoms with Gasteiger partial charge in [-0.25, -0.2) is 4.79 Å². The number of ether oxygens (including phenoxy) is 1. The number of carbonyl (C=O) groups is 3. The SMILES string of the molecule is COC(=O)C(NC(=O)[C@H]1CC(C)C[C@H]1C(=O)O)C(C)C. The molecule has 2 unspecified atom stereocenters. The van der Waals surface area contributed by atoms with E-state index in [4.69, 9.17) is 0 Å². The normalized spacial score (nSPS) is 27.1. The number of carbonyl (C=O) groups excluding carboxylic acids is 2. The first-order valence-corrected chi connectivity index (χ1v) is 6.88. The summed E-state index contributed by atoms with van der Waals surface area (Å²) < 4.78 is 4.66. The Labute approximate surface area is 118 Å². The van der Waals surface area contributed by atoms with E-state index in [0.29, 0.717) is 12.8 Å². The van der Waals surface area contributed by atoms with Crippen molar-refractivity contribution in [2.24, 2.45) is 23.7 Å². The Morgan fingerprint density at radius 1 is 1.20 bits per heavy atom. The standard InChI is InChI=1S/C14H23NO5/c1-7(2)11(14(19)20-4)15-12(16)9-5-8(3)6-10(9)13(17)18/h7-11H,5-6H2,1-4H3,(H,15,16)(H,17,18)/t8?,9-,10+,11?/m0/s1. The molecule has 0 aromatic carbocycles. The third-order valence-corrected chi connectivity index (χ3v) is 3.87. The maximum Gasteiger partial charge on any atom is 0.328 e. The molecule has 0 saturated heterocycles. The molecule has 0 spiro atoms. The third-order valence-electron chi connectivity index (χ3n) is 3.87. The number of amides is 1. The molecule has 0 aliphatic heterocycles. The fraction of sp³-hybridized carbons (Fsp3) is 0.786. The predicted molar refractivity (Wildman–Crippen MR) is 71.8 cm³/mol. The van der Waals surface area contributed by atoms with E-state index >= 15 is 0 Å². The van der Waals surface area contributed by atoms with Crippen LogP contribution in [-0.2, 0) is 19.1 Å². The second-order valence-electron chi connectivity index (χ2n) is 5.88. The fourth-order valence-electron chi connectivity index (χ4n) is 2.74. The van der Waals surface area contributed by atoms with Gasteiger partial charge in [0.25, 0.3) is 0 Å². The molecule has 114 valence electrons. The number of hydrogen-bond donors (Lipinski definition) is 2. The van der Waals surface area contributed by atoms with Crippen molar-refractivity contribution in [3.05, 3.63) is 0 Å². The molecule has 1 saturated carbocycles. The quantitative estimate of drug-likeness (QED) is 0.736. The zero-order chi connectivity index (χ0) is 15.4. The van der Waals surface area contributed by atoms with E-state index in [1.54, 1.807) is 13.8 Å². The van der Waals surface area contributed by atoms with Crippen LogP contribution < -0.4 is 5.32 Å². The van der Waals surface area contributed by atoms with Gasteiger partial charge in [-0.3, -0.25) is 9.59 Å². The van der Waals surface area contributed by atoms with Crippen molar-refractivity contribution in [3.8, 4) is 0 Å². The van der Waals surface area contributed by atoms with E-state index in [9.17, 15) is 19.5 Å². The van der Waals surface area contributed by atoms with Gasteiger partial charge in [0.2, 0.25) is 5.91 Å². The zero-order valence-electron chi connectivity index (χ0n) is 12.4. The Morgan fingerprint density at radius 2 is 1.75 bits per heavy atom. The van der Waals surface area contributed by atoms with Crippen molar-refractivity contribution in [3.63, 3.8) is 0 Å². The van der Waals surface area contributed by atoms with Crippen molar-refractivity contribution in [2.45, 2.75) is 39.7 Å². The molecule has 4 atom stereocenters. The van der Waals surface area contributed by atoms with E-state index in [-0.39, 0.29) is 17.7 Å². The van der Waals surface area contributed by atoms with Gasteiger partial charge in [-0.2, -0.15) is 0 Å². The van der Waals surface area contributed by atoms with Crippen LogP contribution >= 0.6 is 0 Å². The van der Waals surface area contributed by atoms with Gasteiger partial charge in [0.15, 0.2) is 0 Å². The second-order valence-corrected chi connectivity index (χ2v) is 5.88. The first-order chi connectivity index (χ1) is 9.27.